The minimum Gasteiger partial charge on any atom is -0.423 e. The Morgan fingerprint density at radius 2 is 0.884 bits per heavy atom. The molecule has 0 fully saturated rings. The quantitative estimate of drug-likeness (QED) is 0.0956. The summed E-state index contributed by atoms with van der Waals surface area (Å²) in [6, 6.07) is 77.5. The summed E-state index contributed by atoms with van der Waals surface area (Å²) in [7, 11) is -2.93. The number of nitrogens with zero attached hydrogens (tertiary/aromatic N) is 3. The minimum atomic E-state index is -1.49. The molecule has 336 valence electrons. The maximum absolute atomic E-state index is 6.59. The van der Waals surface area contributed by atoms with Gasteiger partial charge in [-0.05, 0) is 111 Å². The van der Waals surface area contributed by atoms with E-state index in [9.17, 15) is 0 Å². The van der Waals surface area contributed by atoms with Gasteiger partial charge in [-0.2, -0.15) is 4.98 Å². The Morgan fingerprint density at radius 3 is 1.51 bits per heavy atom. The molecule has 0 N–H and O–H groups in total. The molecule has 0 aliphatic heterocycles. The van der Waals surface area contributed by atoms with Crippen LogP contribution in [0, 0.1) is 0 Å². The SMILES string of the molecule is C[Si](C)(C)c1ccc(N(c2ccc3cc(/C=C/c4ccc(-c5ccc6oc(N(c7ccc([Si](C)(C)C)cc7)c7cccc8ccccc78)nc6c5)cc4)ccc3c2)c2cccc3ccccc23)cc1. The van der Waals surface area contributed by atoms with Crippen molar-refractivity contribution in [3.8, 4) is 11.1 Å². The standard InChI is InChI=1S/C63H55N3OSi2/c1-68(2,3)55-36-32-52(33-37-55)65(60-19-11-15-47-13-7-9-17-57(47)60)54-31-29-49-41-45(25-28-50(49)42-54)22-21-44-23-26-46(27-24-44)51-30-40-62-59(43-51)64-63(67-62)66(53-34-38-56(39-35-53)69(4,5)6)61-20-12-16-48-14-8-10-18-58(48)61/h7-43H,1-6H3/b22-21+. The van der Waals surface area contributed by atoms with Crippen LogP contribution in [0.15, 0.2) is 217 Å². The van der Waals surface area contributed by atoms with Gasteiger partial charge < -0.3 is 9.32 Å². The van der Waals surface area contributed by atoms with E-state index in [1.54, 1.807) is 0 Å². The second kappa shape index (κ2) is 17.7. The van der Waals surface area contributed by atoms with Crippen LogP contribution in [0.4, 0.5) is 34.5 Å². The van der Waals surface area contributed by atoms with Crippen molar-refractivity contribution >= 4 is 117 Å². The average Bonchev–Trinajstić information content (AvgIpc) is 3.79. The van der Waals surface area contributed by atoms with Crippen LogP contribution in [0.5, 0.6) is 0 Å². The van der Waals surface area contributed by atoms with Crippen LogP contribution in [-0.2, 0) is 0 Å². The second-order valence-electron chi connectivity index (χ2n) is 20.2. The molecule has 6 heteroatoms. The van der Waals surface area contributed by atoms with E-state index in [-0.39, 0.29) is 0 Å². The van der Waals surface area contributed by atoms with E-state index in [4.69, 9.17) is 9.40 Å². The Labute approximate surface area is 407 Å². The van der Waals surface area contributed by atoms with Crippen molar-refractivity contribution in [2.24, 2.45) is 0 Å². The third-order valence-corrected chi connectivity index (χ3v) is 17.5. The topological polar surface area (TPSA) is 32.5 Å². The van der Waals surface area contributed by atoms with Gasteiger partial charge in [-0.1, -0.05) is 207 Å². The van der Waals surface area contributed by atoms with Gasteiger partial charge in [0, 0.05) is 22.1 Å². The number of anilines is 6. The van der Waals surface area contributed by atoms with Crippen LogP contribution in [0.25, 0.3) is 66.7 Å². The van der Waals surface area contributed by atoms with Crippen molar-refractivity contribution in [3.63, 3.8) is 0 Å². The lowest BCUT2D eigenvalue weighted by atomic mass is 10.0. The smallest absolute Gasteiger partial charge is 0.307 e. The van der Waals surface area contributed by atoms with E-state index in [0.29, 0.717) is 6.01 Å². The summed E-state index contributed by atoms with van der Waals surface area (Å²) >= 11 is 0. The highest BCUT2D eigenvalue weighted by Gasteiger charge is 2.24. The van der Waals surface area contributed by atoms with Gasteiger partial charge in [0.1, 0.15) is 5.52 Å². The molecule has 11 aromatic rings. The molecule has 0 radical (unpaired) electrons. The van der Waals surface area contributed by atoms with Crippen molar-refractivity contribution in [1.82, 2.24) is 4.98 Å². The highest BCUT2D eigenvalue weighted by atomic mass is 28.3. The van der Waals surface area contributed by atoms with Gasteiger partial charge in [0.2, 0.25) is 0 Å². The normalized spacial score (nSPS) is 12.1. The van der Waals surface area contributed by atoms with Crippen molar-refractivity contribution < 1.29 is 4.42 Å². The molecule has 0 bridgehead atoms. The summed E-state index contributed by atoms with van der Waals surface area (Å²) in [5, 5.41) is 10.0. The van der Waals surface area contributed by atoms with Crippen molar-refractivity contribution in [3.05, 3.63) is 223 Å². The third-order valence-electron chi connectivity index (χ3n) is 13.4. The Hall–Kier alpha value is -7.78. The van der Waals surface area contributed by atoms with Gasteiger partial charge in [0.05, 0.1) is 33.2 Å². The lowest BCUT2D eigenvalue weighted by Gasteiger charge is -2.28. The molecule has 69 heavy (non-hydrogen) atoms. The molecule has 1 heterocycles. The molecule has 0 aliphatic rings. The average molecular weight is 926 g/mol. The zero-order valence-corrected chi connectivity index (χ0v) is 42.1. The molecular weight excluding hydrogens is 871 g/mol. The summed E-state index contributed by atoms with van der Waals surface area (Å²) < 4.78 is 6.59. The summed E-state index contributed by atoms with van der Waals surface area (Å²) in [6.07, 6.45) is 4.39. The van der Waals surface area contributed by atoms with Crippen molar-refractivity contribution in [2.75, 3.05) is 9.80 Å². The molecule has 0 amide bonds. The fraction of sp³-hybridized carbons (Fsp3) is 0.0952. The molecule has 0 unspecified atom stereocenters. The van der Waals surface area contributed by atoms with Crippen LogP contribution < -0.4 is 20.2 Å². The van der Waals surface area contributed by atoms with Gasteiger partial charge in [-0.15, -0.1) is 0 Å². The van der Waals surface area contributed by atoms with Gasteiger partial charge in [-0.3, -0.25) is 4.90 Å². The first-order valence-electron chi connectivity index (χ1n) is 23.9. The molecule has 1 aromatic heterocycles. The van der Waals surface area contributed by atoms with Gasteiger partial charge in [0.25, 0.3) is 0 Å². The first-order valence-corrected chi connectivity index (χ1v) is 30.9. The maximum Gasteiger partial charge on any atom is 0.307 e. The van der Waals surface area contributed by atoms with E-state index >= 15 is 0 Å². The minimum absolute atomic E-state index is 0.541. The lowest BCUT2D eigenvalue weighted by molar-refractivity contribution is 0.608. The predicted molar refractivity (Wildman–Crippen MR) is 303 cm³/mol. The van der Waals surface area contributed by atoms with E-state index in [0.717, 1.165) is 61.5 Å². The van der Waals surface area contributed by atoms with Crippen molar-refractivity contribution in [1.29, 1.82) is 0 Å². The van der Waals surface area contributed by atoms with Crippen LogP contribution in [0.2, 0.25) is 39.3 Å². The zero-order valence-electron chi connectivity index (χ0n) is 40.1. The number of hydrogen-bond acceptors (Lipinski definition) is 4. The van der Waals surface area contributed by atoms with E-state index < -0.39 is 16.1 Å². The zero-order chi connectivity index (χ0) is 47.3. The molecule has 0 spiro atoms. The van der Waals surface area contributed by atoms with Crippen molar-refractivity contribution in [2.45, 2.75) is 39.3 Å². The highest BCUT2D eigenvalue weighted by Crippen LogP contribution is 2.42. The summed E-state index contributed by atoms with van der Waals surface area (Å²) in [4.78, 5) is 9.71. The summed E-state index contributed by atoms with van der Waals surface area (Å²) in [5.74, 6) is 0. The van der Waals surface area contributed by atoms with E-state index in [1.165, 1.54) is 43.0 Å². The molecule has 10 aromatic carbocycles. The van der Waals surface area contributed by atoms with Gasteiger partial charge >= 0.3 is 6.01 Å². The number of aromatic nitrogens is 1. The second-order valence-corrected chi connectivity index (χ2v) is 30.3. The first kappa shape index (κ1) is 43.8. The number of oxazole rings is 1. The van der Waals surface area contributed by atoms with E-state index in [1.807, 2.05) is 6.07 Å². The monoisotopic (exact) mass is 925 g/mol. The molecule has 0 atom stereocenters. The maximum atomic E-state index is 6.59. The molecule has 0 saturated carbocycles. The number of hydrogen-bond donors (Lipinski definition) is 0. The number of fused-ring (bicyclic) bond motifs is 4. The van der Waals surface area contributed by atoms with Crippen LogP contribution in [0.3, 0.4) is 0 Å². The summed E-state index contributed by atoms with van der Waals surface area (Å²) in [5.41, 5.74) is 11.6. The van der Waals surface area contributed by atoms with Crippen LogP contribution in [-0.4, -0.2) is 21.1 Å². The van der Waals surface area contributed by atoms with E-state index in [2.05, 4.69) is 267 Å². The fourth-order valence-electron chi connectivity index (χ4n) is 9.47. The first-order chi connectivity index (χ1) is 33.4. The Morgan fingerprint density at radius 1 is 0.391 bits per heavy atom. The molecule has 0 aliphatic carbocycles. The molecular formula is C63H55N3OSi2. The number of rotatable bonds is 11. The fourth-order valence-corrected chi connectivity index (χ4v) is 11.8. The Balaban J connectivity index is 0.852. The van der Waals surface area contributed by atoms with Crippen LogP contribution >= 0.6 is 0 Å². The molecule has 11 rings (SSSR count). The molecule has 0 saturated heterocycles. The highest BCUT2D eigenvalue weighted by molar-refractivity contribution is 6.89. The van der Waals surface area contributed by atoms with Gasteiger partial charge in [-0.25, -0.2) is 0 Å². The largest absolute Gasteiger partial charge is 0.423 e. The van der Waals surface area contributed by atoms with Gasteiger partial charge in [0.15, 0.2) is 5.58 Å². The third kappa shape index (κ3) is 8.81. The Bertz CT molecular complexity index is 3680. The Kier molecular flexibility index (Phi) is 11.2. The predicted octanol–water partition coefficient (Wildman–Crippen LogP) is 17.2. The van der Waals surface area contributed by atoms with Crippen LogP contribution in [0.1, 0.15) is 11.1 Å². The lowest BCUT2D eigenvalue weighted by Crippen LogP contribution is -2.37. The summed E-state index contributed by atoms with van der Waals surface area (Å²) in [6.45, 7) is 14.3. The number of benzene rings is 10. The molecule has 4 nitrogen and oxygen atoms in total.